The van der Waals surface area contributed by atoms with E-state index < -0.39 is 34.7 Å². The quantitative estimate of drug-likeness (QED) is 0.542. The van der Waals surface area contributed by atoms with Gasteiger partial charge in [0.2, 0.25) is 0 Å². The highest BCUT2D eigenvalue weighted by Gasteiger charge is 2.87. The molecule has 6 unspecified atom stereocenters. The highest BCUT2D eigenvalue weighted by Crippen LogP contribution is 2.79. The van der Waals surface area contributed by atoms with Crippen LogP contribution in [0.2, 0.25) is 0 Å². The molecule has 0 radical (unpaired) electrons. The van der Waals surface area contributed by atoms with Crippen molar-refractivity contribution < 1.29 is 25.2 Å². The van der Waals surface area contributed by atoms with Crippen molar-refractivity contribution in [1.29, 1.82) is 0 Å². The Morgan fingerprint density at radius 1 is 1.18 bits per heavy atom. The zero-order valence-corrected chi connectivity index (χ0v) is 17.2. The highest BCUT2D eigenvalue weighted by molar-refractivity contribution is 5.37. The topological polar surface area (TPSA) is 93.4 Å². The van der Waals surface area contributed by atoms with Crippen LogP contribution < -0.4 is 0 Å². The fourth-order valence-corrected chi connectivity index (χ4v) is 10.1. The molecule has 6 nitrogen and oxygen atoms in total. The Morgan fingerprint density at radius 2 is 1.93 bits per heavy atom. The normalized spacial score (nSPS) is 67.0. The lowest BCUT2D eigenvalue weighted by atomic mass is 9.42. The Labute approximate surface area is 166 Å². The molecule has 6 heteroatoms. The van der Waals surface area contributed by atoms with E-state index >= 15 is 0 Å². The van der Waals surface area contributed by atoms with E-state index in [1.165, 1.54) is 0 Å². The molecular weight excluding hydrogens is 358 g/mol. The summed E-state index contributed by atoms with van der Waals surface area (Å²) in [5, 5.41) is 47.4. The number of aliphatic hydroxyl groups excluding tert-OH is 2. The Morgan fingerprint density at radius 3 is 2.61 bits per heavy atom. The molecule has 1 heterocycles. The van der Waals surface area contributed by atoms with Crippen LogP contribution in [0.1, 0.15) is 46.0 Å². The zero-order valence-electron chi connectivity index (χ0n) is 17.2. The van der Waals surface area contributed by atoms with Crippen molar-refractivity contribution in [3.05, 3.63) is 0 Å². The van der Waals surface area contributed by atoms with Gasteiger partial charge >= 0.3 is 0 Å². The number of ether oxygens (including phenoxy) is 1. The fraction of sp³-hybridized carbons (Fsp3) is 1.00. The Balaban J connectivity index is 1.64. The van der Waals surface area contributed by atoms with E-state index in [-0.39, 0.29) is 35.3 Å². The molecule has 4 N–H and O–H groups in total. The molecule has 0 aromatic heterocycles. The molecule has 7 bridgehead atoms. The number of nitrogens with zero attached hydrogens (tertiary/aromatic N) is 1. The summed E-state index contributed by atoms with van der Waals surface area (Å²) in [6.45, 7) is 6.31. The average molecular weight is 394 g/mol. The van der Waals surface area contributed by atoms with Gasteiger partial charge < -0.3 is 25.2 Å². The Hall–Kier alpha value is -0.240. The number of likely N-dealkylation sites (tertiary alicyclic amines) is 1. The smallest absolute Gasteiger partial charge is 0.0831 e. The first-order valence-corrected chi connectivity index (χ1v) is 11.3. The molecule has 0 amide bonds. The van der Waals surface area contributed by atoms with Gasteiger partial charge in [-0.05, 0) is 43.6 Å². The summed E-state index contributed by atoms with van der Waals surface area (Å²) < 4.78 is 5.72. The largest absolute Gasteiger partial charge is 0.392 e. The predicted molar refractivity (Wildman–Crippen MR) is 101 cm³/mol. The monoisotopic (exact) mass is 393 g/mol. The van der Waals surface area contributed by atoms with Gasteiger partial charge in [-0.2, -0.15) is 0 Å². The number of piperidine rings is 1. The van der Waals surface area contributed by atoms with E-state index in [2.05, 4.69) is 18.7 Å². The molecule has 0 aromatic carbocycles. The molecule has 5 saturated carbocycles. The summed E-state index contributed by atoms with van der Waals surface area (Å²) in [6, 6.07) is -0.0290. The lowest BCUT2D eigenvalue weighted by molar-refractivity contribution is -0.321. The average Bonchev–Trinajstić information content (AvgIpc) is 3.07. The maximum absolute atomic E-state index is 12.5. The highest BCUT2D eigenvalue weighted by atomic mass is 16.5. The number of hydrogen-bond acceptors (Lipinski definition) is 6. The second kappa shape index (κ2) is 5.14. The van der Waals surface area contributed by atoms with Crippen LogP contribution in [-0.4, -0.2) is 81.1 Å². The second-order valence-electron chi connectivity index (χ2n) is 11.3. The van der Waals surface area contributed by atoms with Gasteiger partial charge in [-0.25, -0.2) is 0 Å². The molecule has 6 rings (SSSR count). The van der Waals surface area contributed by atoms with Crippen LogP contribution in [0.15, 0.2) is 0 Å². The third kappa shape index (κ3) is 1.59. The Kier molecular flexibility index (Phi) is 3.40. The van der Waals surface area contributed by atoms with Crippen LogP contribution in [0.25, 0.3) is 0 Å². The number of rotatable bonds is 2. The van der Waals surface area contributed by atoms with Crippen molar-refractivity contribution in [2.24, 2.45) is 34.5 Å². The third-order valence-electron chi connectivity index (χ3n) is 10.8. The van der Waals surface area contributed by atoms with Crippen molar-refractivity contribution in [3.63, 3.8) is 0 Å². The fourth-order valence-electron chi connectivity index (χ4n) is 10.1. The molecule has 1 saturated heterocycles. The van der Waals surface area contributed by atoms with Crippen molar-refractivity contribution in [2.75, 3.05) is 20.2 Å². The number of aliphatic hydroxyl groups is 4. The number of fused-ring (bicyclic) bond motifs is 2. The minimum atomic E-state index is -1.25. The number of hydrogen-bond donors (Lipinski definition) is 4. The van der Waals surface area contributed by atoms with Crippen molar-refractivity contribution >= 4 is 0 Å². The molecule has 0 aromatic rings. The maximum Gasteiger partial charge on any atom is 0.0831 e. The van der Waals surface area contributed by atoms with Crippen molar-refractivity contribution in [1.82, 2.24) is 4.90 Å². The minimum absolute atomic E-state index is 0.0290. The SMILES string of the molecule is CCN1C[C@]2(C)CCC(O)C34C1[C@@H](C[C@@H]32)[C@@]1(O)C[C@H](OC)[C@H]2CC4(O)C1C2O. The predicted octanol–water partition coefficient (Wildman–Crippen LogP) is 0.365. The summed E-state index contributed by atoms with van der Waals surface area (Å²) in [6.07, 6.45) is 1.79. The standard InChI is InChI=1S/C22H35NO5/c1-4-23-10-19(2)6-5-15(24)22-14(19)7-12(18(22)23)20(26)9-13(28-3)11-8-21(22,27)17(20)16(11)25/h11-18,24-27H,4-10H2,1-3H3/t11-,12-,13+,14-,15?,16?,17?,18?,19+,20+,21?,22?/m1/s1. The maximum atomic E-state index is 12.5. The van der Waals surface area contributed by atoms with Gasteiger partial charge in [0.1, 0.15) is 0 Å². The van der Waals surface area contributed by atoms with E-state index in [0.29, 0.717) is 19.3 Å². The second-order valence-corrected chi connectivity index (χ2v) is 11.3. The third-order valence-corrected chi connectivity index (χ3v) is 10.8. The summed E-state index contributed by atoms with van der Waals surface area (Å²) in [5.41, 5.74) is -3.02. The molecule has 1 spiro atoms. The molecule has 1 aliphatic heterocycles. The molecule has 6 fully saturated rings. The van der Waals surface area contributed by atoms with Crippen LogP contribution >= 0.6 is 0 Å². The first-order valence-electron chi connectivity index (χ1n) is 11.3. The van der Waals surface area contributed by atoms with E-state index in [1.807, 2.05) is 0 Å². The van der Waals surface area contributed by atoms with Gasteiger partial charge in [0, 0.05) is 49.3 Å². The Bertz CT molecular complexity index is 719. The van der Waals surface area contributed by atoms with Gasteiger partial charge in [-0.3, -0.25) is 4.90 Å². The van der Waals surface area contributed by atoms with E-state index in [4.69, 9.17) is 4.74 Å². The first kappa shape index (κ1) is 18.5. The van der Waals surface area contributed by atoms with Gasteiger partial charge in [0.25, 0.3) is 0 Å². The van der Waals surface area contributed by atoms with Gasteiger partial charge in [0.15, 0.2) is 0 Å². The molecule has 12 atom stereocenters. The summed E-state index contributed by atoms with van der Waals surface area (Å²) in [5.74, 6) is -0.613. The molecule has 28 heavy (non-hydrogen) atoms. The summed E-state index contributed by atoms with van der Waals surface area (Å²) >= 11 is 0. The van der Waals surface area contributed by atoms with Gasteiger partial charge in [-0.1, -0.05) is 13.8 Å². The van der Waals surface area contributed by atoms with Crippen LogP contribution in [0, 0.1) is 34.5 Å². The van der Waals surface area contributed by atoms with Crippen LogP contribution in [0.4, 0.5) is 0 Å². The molecule has 5 aliphatic carbocycles. The lowest BCUT2D eigenvalue weighted by Crippen LogP contribution is -2.81. The summed E-state index contributed by atoms with van der Waals surface area (Å²) in [4.78, 5) is 2.45. The van der Waals surface area contributed by atoms with E-state index in [0.717, 1.165) is 25.9 Å². The van der Waals surface area contributed by atoms with E-state index in [9.17, 15) is 20.4 Å². The molecule has 158 valence electrons. The van der Waals surface area contributed by atoms with Crippen LogP contribution in [0.5, 0.6) is 0 Å². The summed E-state index contributed by atoms with van der Waals surface area (Å²) in [7, 11) is 1.65. The van der Waals surface area contributed by atoms with E-state index in [1.54, 1.807) is 7.11 Å². The van der Waals surface area contributed by atoms with Crippen molar-refractivity contribution in [2.45, 2.75) is 81.5 Å². The van der Waals surface area contributed by atoms with Gasteiger partial charge in [0.05, 0.1) is 29.5 Å². The van der Waals surface area contributed by atoms with Crippen LogP contribution in [0.3, 0.4) is 0 Å². The van der Waals surface area contributed by atoms with Gasteiger partial charge in [-0.15, -0.1) is 0 Å². The van der Waals surface area contributed by atoms with Crippen LogP contribution in [-0.2, 0) is 4.74 Å². The first-order chi connectivity index (χ1) is 13.2. The minimum Gasteiger partial charge on any atom is -0.392 e. The lowest BCUT2D eigenvalue weighted by Gasteiger charge is -2.71. The zero-order chi connectivity index (χ0) is 19.9. The number of methoxy groups -OCH3 is 1. The molecule has 6 aliphatic rings. The van der Waals surface area contributed by atoms with Crippen molar-refractivity contribution in [3.8, 4) is 0 Å². The molecular formula is C22H35NO5.